The van der Waals surface area contributed by atoms with Crippen LogP contribution in [-0.2, 0) is 37.4 Å². The molecular weight excluding hydrogens is 789 g/mol. The van der Waals surface area contributed by atoms with Crippen LogP contribution in [0, 0.1) is 5.92 Å². The second-order valence-corrected chi connectivity index (χ2v) is 18.3. The number of aliphatic hydroxyl groups is 3. The minimum Gasteiger partial charge on any atom is -0.756 e. The first kappa shape index (κ1) is 55.8. The molecule has 1 heterocycles. The van der Waals surface area contributed by atoms with Gasteiger partial charge in [0.1, 0.15) is 19.8 Å². The van der Waals surface area contributed by atoms with E-state index in [4.69, 9.17) is 23.3 Å². The van der Waals surface area contributed by atoms with Crippen LogP contribution in [0.2, 0.25) is 0 Å². The van der Waals surface area contributed by atoms with Crippen molar-refractivity contribution in [3.8, 4) is 0 Å². The highest BCUT2D eigenvalue weighted by Crippen LogP contribution is 2.38. The molecule has 14 heteroatoms. The third kappa shape index (κ3) is 31.6. The van der Waals surface area contributed by atoms with Gasteiger partial charge in [-0.2, -0.15) is 0 Å². The minimum atomic E-state index is -4.71. The number of rotatable bonds is 36. The van der Waals surface area contributed by atoms with E-state index in [9.17, 15) is 34.4 Å². The lowest BCUT2D eigenvalue weighted by molar-refractivity contribution is -0.870. The first-order valence-electron chi connectivity index (χ1n) is 22.7. The fraction of sp³-hybridized carbons (Fsp3) is 0.783. The molecule has 0 aliphatic carbocycles. The van der Waals surface area contributed by atoms with Gasteiger partial charge in [-0.1, -0.05) is 114 Å². The Morgan fingerprint density at radius 2 is 1.42 bits per heavy atom. The molecule has 0 spiro atoms. The first-order valence-corrected chi connectivity index (χ1v) is 24.2. The van der Waals surface area contributed by atoms with Crippen molar-refractivity contribution in [3.63, 3.8) is 0 Å². The molecule has 1 fully saturated rings. The van der Waals surface area contributed by atoms with E-state index in [0.717, 1.165) is 64.2 Å². The summed E-state index contributed by atoms with van der Waals surface area (Å²) in [4.78, 5) is 37.8. The molecule has 0 aromatic carbocycles. The number of allylic oxidation sites excluding steroid dienone is 6. The molecule has 1 rings (SSSR count). The van der Waals surface area contributed by atoms with Gasteiger partial charge in [-0.25, -0.2) is 0 Å². The maximum Gasteiger partial charge on any atom is 0.306 e. The lowest BCUT2D eigenvalue weighted by Gasteiger charge is -2.36. The Morgan fingerprint density at radius 3 is 2.12 bits per heavy atom. The average Bonchev–Trinajstić information content (AvgIpc) is 3.18. The molecule has 0 amide bonds. The number of aliphatic hydroxyl groups excluding tert-OH is 3. The fourth-order valence-electron chi connectivity index (χ4n) is 6.43. The number of phosphoric acid groups is 1. The van der Waals surface area contributed by atoms with Gasteiger partial charge in [0.2, 0.25) is 0 Å². The van der Waals surface area contributed by atoms with Gasteiger partial charge in [0.05, 0.1) is 46.1 Å². The van der Waals surface area contributed by atoms with Crippen molar-refractivity contribution in [2.45, 2.75) is 179 Å². The van der Waals surface area contributed by atoms with Gasteiger partial charge in [-0.3, -0.25) is 14.2 Å². The molecule has 0 aromatic rings. The fourth-order valence-corrected chi connectivity index (χ4v) is 7.16. The Hall–Kier alpha value is -2.19. The number of esters is 2. The Bertz CT molecular complexity index is 1280. The van der Waals surface area contributed by atoms with E-state index in [-0.39, 0.29) is 38.4 Å². The third-order valence-corrected chi connectivity index (χ3v) is 11.1. The lowest BCUT2D eigenvalue weighted by atomic mass is 9.87. The highest BCUT2D eigenvalue weighted by atomic mass is 31.2. The Labute approximate surface area is 362 Å². The van der Waals surface area contributed by atoms with Crippen LogP contribution in [0.1, 0.15) is 149 Å². The van der Waals surface area contributed by atoms with Crippen molar-refractivity contribution in [1.82, 2.24) is 0 Å². The Morgan fingerprint density at radius 1 is 0.800 bits per heavy atom. The second-order valence-electron chi connectivity index (χ2n) is 16.9. The summed E-state index contributed by atoms with van der Waals surface area (Å²) in [6.07, 6.45) is 29.0. The van der Waals surface area contributed by atoms with Crippen molar-refractivity contribution < 1.29 is 62.1 Å². The maximum atomic E-state index is 12.8. The standard InChI is InChI=1S/C46H82NO12P/c1-6-8-10-11-12-13-14-15-16-17-18-19-20-21-26-30-44(50)55-37-40(38-57-60(53,54)56-35-34-47(3,4)5)58-45(51)31-27-23-22-25-29-41-42(49)36-46(52)59-43(41)33-32-39(48)28-24-9-7-2/h12-13,15-16,22,25,32-33,39-43,46,48-49,52H,6-11,14,17-21,23-24,26-31,34-38H2,1-5H3/b13-12-,16-15-,25-22-,33-32+/t39-,40+,41-,42-,43+,46?/m0/s1. The molecule has 1 aliphatic rings. The van der Waals surface area contributed by atoms with Crippen molar-refractivity contribution in [3.05, 3.63) is 48.6 Å². The van der Waals surface area contributed by atoms with Crippen LogP contribution in [0.4, 0.5) is 0 Å². The number of likely N-dealkylation sites (N-methyl/N-ethyl adjacent to an activating group) is 1. The Kier molecular flexibility index (Phi) is 31.9. The molecule has 0 saturated carbocycles. The van der Waals surface area contributed by atoms with Gasteiger partial charge in [-0.05, 0) is 64.2 Å². The van der Waals surface area contributed by atoms with E-state index >= 15 is 0 Å². The van der Waals surface area contributed by atoms with Gasteiger partial charge in [0.25, 0.3) is 7.82 Å². The topological polar surface area (TPSA) is 181 Å². The quantitative estimate of drug-likeness (QED) is 0.0181. The summed E-state index contributed by atoms with van der Waals surface area (Å²) in [5.74, 6) is -1.37. The third-order valence-electron chi connectivity index (χ3n) is 10.1. The summed E-state index contributed by atoms with van der Waals surface area (Å²) in [6.45, 7) is 3.74. The van der Waals surface area contributed by atoms with Gasteiger partial charge in [0, 0.05) is 25.2 Å². The van der Waals surface area contributed by atoms with Crippen LogP contribution in [0.15, 0.2) is 48.6 Å². The van der Waals surface area contributed by atoms with Crippen molar-refractivity contribution in [2.75, 3.05) is 47.5 Å². The molecule has 1 aliphatic heterocycles. The van der Waals surface area contributed by atoms with E-state index in [1.807, 2.05) is 33.3 Å². The number of nitrogens with zero attached hydrogens (tertiary/aromatic N) is 1. The summed E-state index contributed by atoms with van der Waals surface area (Å²) in [7, 11) is 0.983. The zero-order chi connectivity index (χ0) is 44.5. The molecule has 13 nitrogen and oxygen atoms in total. The molecule has 0 radical (unpaired) electrons. The molecule has 348 valence electrons. The molecule has 2 unspecified atom stereocenters. The van der Waals surface area contributed by atoms with E-state index in [2.05, 4.69) is 38.2 Å². The monoisotopic (exact) mass is 872 g/mol. The first-order chi connectivity index (χ1) is 28.7. The number of quaternary nitrogens is 1. The number of hydrogen-bond donors (Lipinski definition) is 3. The number of ether oxygens (including phenoxy) is 3. The molecule has 60 heavy (non-hydrogen) atoms. The van der Waals surface area contributed by atoms with Crippen molar-refractivity contribution in [2.24, 2.45) is 5.92 Å². The highest BCUT2D eigenvalue weighted by Gasteiger charge is 2.35. The van der Waals surface area contributed by atoms with E-state index in [1.54, 1.807) is 12.2 Å². The summed E-state index contributed by atoms with van der Waals surface area (Å²) >= 11 is 0. The van der Waals surface area contributed by atoms with Gasteiger partial charge < -0.3 is 48.0 Å². The van der Waals surface area contributed by atoms with Crippen LogP contribution in [-0.4, -0.2) is 110 Å². The summed E-state index contributed by atoms with van der Waals surface area (Å²) in [5.41, 5.74) is 0. The highest BCUT2D eigenvalue weighted by molar-refractivity contribution is 7.45. The molecule has 7 atom stereocenters. The minimum absolute atomic E-state index is 0.0262. The van der Waals surface area contributed by atoms with E-state index in [0.29, 0.717) is 43.1 Å². The largest absolute Gasteiger partial charge is 0.756 e. The lowest BCUT2D eigenvalue weighted by Crippen LogP contribution is -2.43. The number of carbonyl (C=O) groups excluding carboxylic acids is 2. The number of phosphoric ester groups is 1. The smallest absolute Gasteiger partial charge is 0.306 e. The average molecular weight is 872 g/mol. The number of carbonyl (C=O) groups is 2. The number of unbranched alkanes of at least 4 members (excludes halogenated alkanes) is 11. The van der Waals surface area contributed by atoms with Gasteiger partial charge in [-0.15, -0.1) is 0 Å². The normalized spacial score (nSPS) is 20.9. The summed E-state index contributed by atoms with van der Waals surface area (Å²) < 4.78 is 39.5. The Balaban J connectivity index is 2.55. The maximum absolute atomic E-state index is 12.8. The predicted octanol–water partition coefficient (Wildman–Crippen LogP) is 8.16. The van der Waals surface area contributed by atoms with Crippen LogP contribution < -0.4 is 4.89 Å². The zero-order valence-corrected chi connectivity index (χ0v) is 38.6. The SMILES string of the molecule is CCCCC/C=C\C/C=C\CCCCCCCC(=O)OC[C@H](COP(=O)([O-])OCC[N+](C)(C)C)OC(=O)CCC/C=C\C[C@H]1[C@@H](O)CC(O)O[C@@H]1/C=C/[C@@H](O)CCCCC. The molecule has 1 saturated heterocycles. The molecule has 0 aromatic heterocycles. The van der Waals surface area contributed by atoms with Crippen LogP contribution >= 0.6 is 7.82 Å². The van der Waals surface area contributed by atoms with Crippen LogP contribution in [0.25, 0.3) is 0 Å². The van der Waals surface area contributed by atoms with Crippen LogP contribution in [0.5, 0.6) is 0 Å². The second kappa shape index (κ2) is 34.3. The van der Waals surface area contributed by atoms with Crippen molar-refractivity contribution >= 4 is 19.8 Å². The summed E-state index contributed by atoms with van der Waals surface area (Å²) in [6, 6.07) is 0. The predicted molar refractivity (Wildman–Crippen MR) is 234 cm³/mol. The van der Waals surface area contributed by atoms with Crippen molar-refractivity contribution in [1.29, 1.82) is 0 Å². The van der Waals surface area contributed by atoms with Gasteiger partial charge >= 0.3 is 11.9 Å². The number of hydrogen-bond acceptors (Lipinski definition) is 12. The molecule has 3 N–H and O–H groups in total. The summed E-state index contributed by atoms with van der Waals surface area (Å²) in [5, 5.41) is 31.0. The molecular formula is C46H82NO12P. The van der Waals surface area contributed by atoms with E-state index < -0.39 is 57.1 Å². The zero-order valence-electron chi connectivity index (χ0n) is 37.7. The van der Waals surface area contributed by atoms with Crippen LogP contribution in [0.3, 0.4) is 0 Å². The van der Waals surface area contributed by atoms with Gasteiger partial charge in [0.15, 0.2) is 12.4 Å². The van der Waals surface area contributed by atoms with E-state index in [1.165, 1.54) is 19.3 Å². The molecule has 0 bridgehead atoms.